The second-order valence-electron chi connectivity index (χ2n) is 7.98. The Bertz CT molecular complexity index is 1100. The number of carbonyl (C=O) groups is 1. The van der Waals surface area contributed by atoms with Crippen LogP contribution in [0.1, 0.15) is 60.3 Å². The molecule has 5 heteroatoms. The Kier molecular flexibility index (Phi) is 5.88. The van der Waals surface area contributed by atoms with Gasteiger partial charge in [-0.25, -0.2) is 4.68 Å². The number of amides is 1. The monoisotopic (exact) mass is 403 g/mol. The molecule has 156 valence electrons. The van der Waals surface area contributed by atoms with Gasteiger partial charge in [0.15, 0.2) is 0 Å². The van der Waals surface area contributed by atoms with E-state index in [9.17, 15) is 9.59 Å². The predicted octanol–water partition coefficient (Wildman–Crippen LogP) is 4.31. The third-order valence-electron chi connectivity index (χ3n) is 6.06. The summed E-state index contributed by atoms with van der Waals surface area (Å²) in [7, 11) is 0. The first-order valence-corrected chi connectivity index (χ1v) is 10.9. The largest absolute Gasteiger partial charge is 0.345 e. The quantitative estimate of drug-likeness (QED) is 0.691. The summed E-state index contributed by atoms with van der Waals surface area (Å²) in [6.07, 6.45) is 4.09. The van der Waals surface area contributed by atoms with Crippen LogP contribution in [0, 0.1) is 6.92 Å². The molecule has 2 aromatic carbocycles. The van der Waals surface area contributed by atoms with Crippen molar-refractivity contribution in [3.05, 3.63) is 81.8 Å². The maximum atomic E-state index is 13.5. The molecular formula is C25H29N3O2. The van der Waals surface area contributed by atoms with Crippen molar-refractivity contribution < 1.29 is 4.79 Å². The molecule has 2 heterocycles. The number of piperidine rings is 1. The standard InChI is InChI=1S/C25H29N3O2/c1-3-22(19-12-6-4-7-13-19)26-24(29)23-18(2)28(27-16-10-5-11-17-27)25(30)21-15-9-8-14-20(21)23/h4,6-9,12-15,22H,3,5,10-11,16-17H2,1-2H3,(H,26,29). The highest BCUT2D eigenvalue weighted by atomic mass is 16.2. The van der Waals surface area contributed by atoms with Crippen LogP contribution in [0.2, 0.25) is 0 Å². The van der Waals surface area contributed by atoms with Gasteiger partial charge >= 0.3 is 0 Å². The lowest BCUT2D eigenvalue weighted by atomic mass is 10.0. The van der Waals surface area contributed by atoms with Gasteiger partial charge in [-0.3, -0.25) is 9.59 Å². The van der Waals surface area contributed by atoms with Gasteiger partial charge in [-0.1, -0.05) is 55.5 Å². The Morgan fingerprint density at radius 2 is 1.60 bits per heavy atom. The highest BCUT2D eigenvalue weighted by Crippen LogP contribution is 2.23. The first kappa shape index (κ1) is 20.2. The Morgan fingerprint density at radius 3 is 2.27 bits per heavy atom. The van der Waals surface area contributed by atoms with Crippen molar-refractivity contribution >= 4 is 16.7 Å². The number of nitrogens with one attached hydrogen (secondary N) is 1. The summed E-state index contributed by atoms with van der Waals surface area (Å²) in [5.74, 6) is -0.134. The van der Waals surface area contributed by atoms with Crippen molar-refractivity contribution in [2.75, 3.05) is 18.1 Å². The molecule has 1 unspecified atom stereocenters. The second-order valence-corrected chi connectivity index (χ2v) is 7.98. The summed E-state index contributed by atoms with van der Waals surface area (Å²) < 4.78 is 1.74. The van der Waals surface area contributed by atoms with Gasteiger partial charge in [0.25, 0.3) is 11.5 Å². The van der Waals surface area contributed by atoms with Crippen LogP contribution in [0.5, 0.6) is 0 Å². The van der Waals surface area contributed by atoms with Crippen LogP contribution < -0.4 is 15.9 Å². The van der Waals surface area contributed by atoms with E-state index in [1.807, 2.05) is 61.5 Å². The van der Waals surface area contributed by atoms with Crippen LogP contribution in [0.4, 0.5) is 0 Å². The fourth-order valence-corrected chi connectivity index (χ4v) is 4.50. The zero-order valence-electron chi connectivity index (χ0n) is 17.7. The Morgan fingerprint density at radius 1 is 0.967 bits per heavy atom. The van der Waals surface area contributed by atoms with E-state index in [-0.39, 0.29) is 17.5 Å². The van der Waals surface area contributed by atoms with E-state index in [0.29, 0.717) is 22.0 Å². The fourth-order valence-electron chi connectivity index (χ4n) is 4.50. The van der Waals surface area contributed by atoms with Gasteiger partial charge < -0.3 is 10.3 Å². The summed E-state index contributed by atoms with van der Waals surface area (Å²) in [6.45, 7) is 5.63. The molecule has 0 radical (unpaired) electrons. The van der Waals surface area contributed by atoms with Crippen LogP contribution >= 0.6 is 0 Å². The molecule has 1 N–H and O–H groups in total. The van der Waals surface area contributed by atoms with Gasteiger partial charge in [0.2, 0.25) is 0 Å². The van der Waals surface area contributed by atoms with Crippen LogP contribution in [-0.4, -0.2) is 23.7 Å². The highest BCUT2D eigenvalue weighted by Gasteiger charge is 2.24. The minimum atomic E-state index is -0.134. The fraction of sp³-hybridized carbons (Fsp3) is 0.360. The van der Waals surface area contributed by atoms with E-state index in [1.165, 1.54) is 6.42 Å². The van der Waals surface area contributed by atoms with E-state index < -0.39 is 0 Å². The molecule has 0 spiro atoms. The third-order valence-corrected chi connectivity index (χ3v) is 6.06. The minimum absolute atomic E-state index is 0.0448. The number of hydrogen-bond donors (Lipinski definition) is 1. The number of aromatic nitrogens is 1. The van der Waals surface area contributed by atoms with E-state index in [2.05, 4.69) is 17.2 Å². The molecular weight excluding hydrogens is 374 g/mol. The summed E-state index contributed by atoms with van der Waals surface area (Å²) in [5, 5.41) is 6.61. The van der Waals surface area contributed by atoms with Gasteiger partial charge in [0, 0.05) is 23.9 Å². The van der Waals surface area contributed by atoms with Gasteiger partial charge in [-0.2, -0.15) is 0 Å². The van der Waals surface area contributed by atoms with Gasteiger partial charge in [0.05, 0.1) is 17.3 Å². The smallest absolute Gasteiger partial charge is 0.277 e. The maximum Gasteiger partial charge on any atom is 0.277 e. The molecule has 0 bridgehead atoms. The normalized spacial score (nSPS) is 15.2. The Balaban J connectivity index is 1.81. The molecule has 1 saturated heterocycles. The molecule has 5 nitrogen and oxygen atoms in total. The molecule has 1 aromatic heterocycles. The summed E-state index contributed by atoms with van der Waals surface area (Å²) >= 11 is 0. The summed E-state index contributed by atoms with van der Waals surface area (Å²) in [4.78, 5) is 26.8. The lowest BCUT2D eigenvalue weighted by molar-refractivity contribution is 0.0935. The number of nitrogens with zero attached hydrogens (tertiary/aromatic N) is 2. The molecule has 1 amide bonds. The minimum Gasteiger partial charge on any atom is -0.345 e. The van der Waals surface area contributed by atoms with Gasteiger partial charge in [0.1, 0.15) is 0 Å². The number of carbonyl (C=O) groups excluding carboxylic acids is 1. The summed E-state index contributed by atoms with van der Waals surface area (Å²) in [5.41, 5.74) is 2.34. The maximum absolute atomic E-state index is 13.5. The van der Waals surface area contributed by atoms with E-state index >= 15 is 0 Å². The van der Waals surface area contributed by atoms with Gasteiger partial charge in [-0.15, -0.1) is 0 Å². The molecule has 4 rings (SSSR count). The van der Waals surface area contributed by atoms with Crippen LogP contribution in [-0.2, 0) is 0 Å². The summed E-state index contributed by atoms with van der Waals surface area (Å²) in [6, 6.07) is 17.4. The molecule has 1 atom stereocenters. The molecule has 1 aliphatic rings. The van der Waals surface area contributed by atoms with Crippen LogP contribution in [0.3, 0.4) is 0 Å². The molecule has 0 saturated carbocycles. The zero-order chi connectivity index (χ0) is 21.1. The molecule has 3 aromatic rings. The van der Waals surface area contributed by atoms with Crippen molar-refractivity contribution in [1.82, 2.24) is 9.99 Å². The third kappa shape index (κ3) is 3.72. The number of pyridine rings is 1. The van der Waals surface area contributed by atoms with E-state index in [1.54, 1.807) is 4.68 Å². The van der Waals surface area contributed by atoms with Crippen molar-refractivity contribution in [3.8, 4) is 0 Å². The number of rotatable bonds is 5. The van der Waals surface area contributed by atoms with Crippen LogP contribution in [0.25, 0.3) is 10.8 Å². The van der Waals surface area contributed by atoms with Crippen molar-refractivity contribution in [2.24, 2.45) is 0 Å². The number of benzene rings is 2. The topological polar surface area (TPSA) is 54.3 Å². The molecule has 30 heavy (non-hydrogen) atoms. The number of fused-ring (bicyclic) bond motifs is 1. The average molecular weight is 404 g/mol. The molecule has 0 aliphatic carbocycles. The van der Waals surface area contributed by atoms with Gasteiger partial charge in [-0.05, 0) is 44.2 Å². The number of hydrogen-bond acceptors (Lipinski definition) is 3. The average Bonchev–Trinajstić information content (AvgIpc) is 2.79. The first-order valence-electron chi connectivity index (χ1n) is 10.9. The van der Waals surface area contributed by atoms with Crippen molar-refractivity contribution in [3.63, 3.8) is 0 Å². The van der Waals surface area contributed by atoms with Crippen LogP contribution in [0.15, 0.2) is 59.4 Å². The first-order chi connectivity index (χ1) is 14.6. The lowest BCUT2D eigenvalue weighted by Crippen LogP contribution is -2.47. The van der Waals surface area contributed by atoms with Crippen molar-refractivity contribution in [2.45, 2.75) is 45.6 Å². The molecule has 1 fully saturated rings. The Labute approximate surface area is 177 Å². The SMILES string of the molecule is CCC(NC(=O)c1c(C)n(N2CCCCC2)c(=O)c2ccccc12)c1ccccc1. The predicted molar refractivity (Wildman–Crippen MR) is 122 cm³/mol. The highest BCUT2D eigenvalue weighted by molar-refractivity contribution is 6.07. The Hall–Kier alpha value is -3.08. The molecule has 1 aliphatic heterocycles. The van der Waals surface area contributed by atoms with E-state index in [0.717, 1.165) is 37.9 Å². The van der Waals surface area contributed by atoms with E-state index in [4.69, 9.17) is 0 Å². The van der Waals surface area contributed by atoms with Crippen molar-refractivity contribution in [1.29, 1.82) is 0 Å². The second kappa shape index (κ2) is 8.74. The zero-order valence-corrected chi connectivity index (χ0v) is 17.7. The lowest BCUT2D eigenvalue weighted by Gasteiger charge is -2.32.